The number of benzene rings is 1. The molecule has 2 rings (SSSR count). The van der Waals surface area contributed by atoms with Crippen LogP contribution in [0.5, 0.6) is 0 Å². The molecule has 1 aromatic carbocycles. The predicted octanol–water partition coefficient (Wildman–Crippen LogP) is 4.84. The van der Waals surface area contributed by atoms with E-state index >= 15 is 0 Å². The monoisotopic (exact) mass is 308 g/mol. The summed E-state index contributed by atoms with van der Waals surface area (Å²) in [4.78, 5) is 12.3. The Hall–Kier alpha value is -1.52. The summed E-state index contributed by atoms with van der Waals surface area (Å²) in [6.45, 7) is 5.63. The van der Waals surface area contributed by atoms with Gasteiger partial charge in [-0.1, -0.05) is 17.7 Å². The topological polar surface area (TPSA) is 41.1 Å². The summed E-state index contributed by atoms with van der Waals surface area (Å²) in [5.41, 5.74) is 2.93. The highest BCUT2D eigenvalue weighted by atomic mass is 35.5. The number of hydrogen-bond acceptors (Lipinski definition) is 3. The molecule has 0 aliphatic heterocycles. The second kappa shape index (κ2) is 6.29. The number of aryl methyl sites for hydroxylation is 1. The van der Waals surface area contributed by atoms with Crippen molar-refractivity contribution < 1.29 is 4.79 Å². The predicted molar refractivity (Wildman–Crippen MR) is 86.8 cm³/mol. The van der Waals surface area contributed by atoms with Crippen molar-refractivity contribution in [3.63, 3.8) is 0 Å². The quantitative estimate of drug-likeness (QED) is 0.848. The molecule has 1 amide bonds. The number of thiophene rings is 1. The molecular weight excluding hydrogens is 292 g/mol. The van der Waals surface area contributed by atoms with Gasteiger partial charge in [-0.05, 0) is 43.7 Å². The number of halogens is 1. The van der Waals surface area contributed by atoms with E-state index in [2.05, 4.69) is 17.6 Å². The van der Waals surface area contributed by atoms with Gasteiger partial charge in [0.05, 0.1) is 10.4 Å². The smallest absolute Gasteiger partial charge is 0.221 e. The van der Waals surface area contributed by atoms with Crippen LogP contribution in [0, 0.1) is 6.92 Å². The molecule has 1 aromatic heterocycles. The summed E-state index contributed by atoms with van der Waals surface area (Å²) >= 11 is 7.53. The van der Waals surface area contributed by atoms with Gasteiger partial charge in [-0.25, -0.2) is 0 Å². The van der Waals surface area contributed by atoms with Crippen molar-refractivity contribution in [2.24, 2.45) is 0 Å². The molecule has 0 saturated heterocycles. The number of carbonyl (C=O) groups is 1. The fraction of sp³-hybridized carbons (Fsp3) is 0.267. The van der Waals surface area contributed by atoms with E-state index in [0.717, 1.165) is 21.3 Å². The molecule has 0 aliphatic carbocycles. The Morgan fingerprint density at radius 2 is 2.05 bits per heavy atom. The zero-order valence-electron chi connectivity index (χ0n) is 11.7. The summed E-state index contributed by atoms with van der Waals surface area (Å²) in [5, 5.41) is 6.25. The van der Waals surface area contributed by atoms with Crippen molar-refractivity contribution >= 4 is 40.2 Å². The third-order valence-corrected chi connectivity index (χ3v) is 4.36. The van der Waals surface area contributed by atoms with E-state index < -0.39 is 0 Å². The number of rotatable bonds is 4. The Morgan fingerprint density at radius 3 is 2.65 bits per heavy atom. The molecule has 5 heteroatoms. The second-order valence-corrected chi connectivity index (χ2v) is 6.47. The van der Waals surface area contributed by atoms with Crippen LogP contribution in [-0.4, -0.2) is 5.91 Å². The highest BCUT2D eigenvalue weighted by Crippen LogP contribution is 2.30. The Labute approximate surface area is 128 Å². The van der Waals surface area contributed by atoms with Gasteiger partial charge >= 0.3 is 0 Å². The van der Waals surface area contributed by atoms with Crippen molar-refractivity contribution in [3.8, 4) is 0 Å². The Balaban J connectivity index is 2.17. The number of nitrogens with one attached hydrogen (secondary N) is 2. The van der Waals surface area contributed by atoms with E-state index in [1.807, 2.05) is 37.3 Å². The van der Waals surface area contributed by atoms with Crippen LogP contribution in [0.2, 0.25) is 4.34 Å². The van der Waals surface area contributed by atoms with Crippen LogP contribution in [0.1, 0.15) is 30.3 Å². The lowest BCUT2D eigenvalue weighted by Crippen LogP contribution is -2.09. The van der Waals surface area contributed by atoms with Crippen LogP contribution in [-0.2, 0) is 4.79 Å². The lowest BCUT2D eigenvalue weighted by Gasteiger charge is -2.17. The summed E-state index contributed by atoms with van der Waals surface area (Å²) in [7, 11) is 0. The molecular formula is C15H17ClN2OS. The van der Waals surface area contributed by atoms with Gasteiger partial charge in [-0.3, -0.25) is 4.79 Å². The van der Waals surface area contributed by atoms with E-state index in [0.29, 0.717) is 0 Å². The summed E-state index contributed by atoms with van der Waals surface area (Å²) in [5.74, 6) is -0.0714. The molecule has 2 N–H and O–H groups in total. The van der Waals surface area contributed by atoms with Gasteiger partial charge in [0, 0.05) is 23.2 Å². The average molecular weight is 309 g/mol. The highest BCUT2D eigenvalue weighted by Gasteiger charge is 2.10. The Bertz CT molecular complexity index is 624. The maximum atomic E-state index is 11.1. The summed E-state index contributed by atoms with van der Waals surface area (Å²) < 4.78 is 0.789. The summed E-state index contributed by atoms with van der Waals surface area (Å²) in [6, 6.07) is 9.93. The largest absolute Gasteiger partial charge is 0.377 e. The normalized spacial score (nSPS) is 12.0. The maximum absolute atomic E-state index is 11.1. The molecule has 2 aromatic rings. The van der Waals surface area contributed by atoms with Gasteiger partial charge < -0.3 is 10.6 Å². The first-order valence-electron chi connectivity index (χ1n) is 6.35. The van der Waals surface area contributed by atoms with E-state index in [4.69, 9.17) is 11.6 Å². The molecule has 1 atom stereocenters. The van der Waals surface area contributed by atoms with E-state index in [-0.39, 0.29) is 11.9 Å². The van der Waals surface area contributed by atoms with E-state index in [1.54, 1.807) is 11.3 Å². The van der Waals surface area contributed by atoms with Crippen molar-refractivity contribution in [2.45, 2.75) is 26.8 Å². The van der Waals surface area contributed by atoms with Gasteiger partial charge in [-0.2, -0.15) is 0 Å². The maximum Gasteiger partial charge on any atom is 0.221 e. The van der Waals surface area contributed by atoms with Gasteiger partial charge in [0.2, 0.25) is 5.91 Å². The van der Waals surface area contributed by atoms with Gasteiger partial charge in [0.15, 0.2) is 0 Å². The van der Waals surface area contributed by atoms with Crippen molar-refractivity contribution in [1.29, 1.82) is 0 Å². The van der Waals surface area contributed by atoms with Crippen LogP contribution in [0.4, 0.5) is 11.4 Å². The number of anilines is 2. The number of carbonyl (C=O) groups excluding carboxylic acids is 1. The van der Waals surface area contributed by atoms with Crippen LogP contribution in [0.3, 0.4) is 0 Å². The molecule has 0 radical (unpaired) electrons. The SMILES string of the molecule is CC(=O)Nc1ccc(C)c(NC(C)c2ccc(Cl)s2)c1. The highest BCUT2D eigenvalue weighted by molar-refractivity contribution is 7.16. The minimum atomic E-state index is -0.0714. The molecule has 20 heavy (non-hydrogen) atoms. The zero-order chi connectivity index (χ0) is 14.7. The first-order valence-corrected chi connectivity index (χ1v) is 7.55. The first-order chi connectivity index (χ1) is 9.45. The molecule has 0 saturated carbocycles. The molecule has 3 nitrogen and oxygen atoms in total. The fourth-order valence-electron chi connectivity index (χ4n) is 1.92. The standard InChI is InChI=1S/C15H17ClN2OS/c1-9-4-5-12(18-11(3)19)8-13(9)17-10(2)14-6-7-15(16)20-14/h4-8,10,17H,1-3H3,(H,18,19). The molecule has 1 unspecified atom stereocenters. The molecule has 0 spiro atoms. The van der Waals surface area contributed by atoms with Crippen molar-refractivity contribution in [3.05, 3.63) is 45.1 Å². The van der Waals surface area contributed by atoms with Crippen LogP contribution in [0.15, 0.2) is 30.3 Å². The van der Waals surface area contributed by atoms with Gasteiger partial charge in [0.1, 0.15) is 0 Å². The minimum Gasteiger partial charge on any atom is -0.377 e. The number of amides is 1. The molecule has 1 heterocycles. The van der Waals surface area contributed by atoms with Crippen LogP contribution >= 0.6 is 22.9 Å². The minimum absolute atomic E-state index is 0.0714. The van der Waals surface area contributed by atoms with E-state index in [1.165, 1.54) is 11.8 Å². The number of hydrogen-bond donors (Lipinski definition) is 2. The molecule has 0 bridgehead atoms. The fourth-order valence-corrected chi connectivity index (χ4v) is 2.99. The summed E-state index contributed by atoms with van der Waals surface area (Å²) in [6.07, 6.45) is 0. The van der Waals surface area contributed by atoms with Gasteiger partial charge in [-0.15, -0.1) is 11.3 Å². The van der Waals surface area contributed by atoms with Crippen LogP contribution in [0.25, 0.3) is 0 Å². The zero-order valence-corrected chi connectivity index (χ0v) is 13.2. The third-order valence-electron chi connectivity index (χ3n) is 2.95. The second-order valence-electron chi connectivity index (χ2n) is 4.72. The molecule has 0 fully saturated rings. The lowest BCUT2D eigenvalue weighted by molar-refractivity contribution is -0.114. The third kappa shape index (κ3) is 3.74. The average Bonchev–Trinajstić information content (AvgIpc) is 2.79. The van der Waals surface area contributed by atoms with Gasteiger partial charge in [0.25, 0.3) is 0 Å². The lowest BCUT2D eigenvalue weighted by atomic mass is 10.1. The van der Waals surface area contributed by atoms with E-state index in [9.17, 15) is 4.79 Å². The molecule has 106 valence electrons. The first kappa shape index (κ1) is 14.9. The Morgan fingerprint density at radius 1 is 1.30 bits per heavy atom. The van der Waals surface area contributed by atoms with Crippen molar-refractivity contribution in [2.75, 3.05) is 10.6 Å². The van der Waals surface area contributed by atoms with Crippen LogP contribution < -0.4 is 10.6 Å². The molecule has 0 aliphatic rings. The van der Waals surface area contributed by atoms with Crippen molar-refractivity contribution in [1.82, 2.24) is 0 Å². The Kier molecular flexibility index (Phi) is 4.68.